The molecular formula is C60H65HfN3-4. The van der Waals surface area contributed by atoms with E-state index in [-0.39, 0.29) is 42.6 Å². The Morgan fingerprint density at radius 1 is 0.547 bits per heavy atom. The van der Waals surface area contributed by atoms with Crippen molar-refractivity contribution in [1.29, 1.82) is 0 Å². The van der Waals surface area contributed by atoms with Gasteiger partial charge in [0, 0.05) is 32.4 Å². The molecule has 0 atom stereocenters. The predicted octanol–water partition coefficient (Wildman–Crippen LogP) is 16.8. The summed E-state index contributed by atoms with van der Waals surface area (Å²) in [5.74, 6) is 1.20. The van der Waals surface area contributed by atoms with Crippen LogP contribution in [0.4, 0.5) is 11.4 Å². The van der Waals surface area contributed by atoms with Crippen LogP contribution in [0.1, 0.15) is 118 Å². The molecule has 0 saturated heterocycles. The Balaban J connectivity index is 0.000000284. The zero-order valence-electron chi connectivity index (χ0n) is 39.3. The van der Waals surface area contributed by atoms with Crippen molar-refractivity contribution in [2.45, 2.75) is 91.5 Å². The summed E-state index contributed by atoms with van der Waals surface area (Å²) in [6.07, 6.45) is 2.24. The molecule has 0 unspecified atom stereocenters. The topological polar surface area (TPSA) is 31.9 Å². The monoisotopic (exact) mass is 1010 g/mol. The van der Waals surface area contributed by atoms with Crippen LogP contribution >= 0.6 is 0 Å². The molecule has 64 heavy (non-hydrogen) atoms. The maximum atomic E-state index is 5.48. The van der Waals surface area contributed by atoms with Crippen LogP contribution in [-0.4, -0.2) is 9.55 Å². The number of nitrogens with zero attached hydrogens (tertiary/aromatic N) is 3. The maximum absolute atomic E-state index is 5.48. The third kappa shape index (κ3) is 12.5. The molecule has 0 amide bonds. The van der Waals surface area contributed by atoms with E-state index >= 15 is 0 Å². The Labute approximate surface area is 404 Å². The van der Waals surface area contributed by atoms with Crippen LogP contribution in [0.15, 0.2) is 170 Å². The molecule has 0 saturated carbocycles. The quantitative estimate of drug-likeness (QED) is 0.121. The SMILES string of the molecule is CCCCn1c(C2c3ccc(C(C)(C)C)cc3-c3cc(C(C)(C)C)ccc32)nc2c([N-]c3ccccc3C)cccc21.[CH2-]c1ccccc1.[CH2-]c1ccccc1.[CH2-]c1ccccc1.[Hf]. The van der Waals surface area contributed by atoms with Gasteiger partial charge in [0.25, 0.3) is 0 Å². The summed E-state index contributed by atoms with van der Waals surface area (Å²) in [5, 5.41) is 5.12. The van der Waals surface area contributed by atoms with E-state index in [2.05, 4.69) is 160 Å². The minimum absolute atomic E-state index is 0. The van der Waals surface area contributed by atoms with Crippen LogP contribution in [0.3, 0.4) is 0 Å². The van der Waals surface area contributed by atoms with Gasteiger partial charge in [0.05, 0.1) is 17.0 Å². The average Bonchev–Trinajstić information content (AvgIpc) is 3.79. The molecule has 1 aliphatic carbocycles. The van der Waals surface area contributed by atoms with Crippen molar-refractivity contribution < 1.29 is 25.8 Å². The first kappa shape index (κ1) is 49.3. The van der Waals surface area contributed by atoms with Gasteiger partial charge >= 0.3 is 0 Å². The minimum atomic E-state index is 0. The summed E-state index contributed by atoms with van der Waals surface area (Å²) < 4.78 is 2.48. The molecule has 328 valence electrons. The fraction of sp³-hybridized carbons (Fsp3) is 0.233. The molecule has 1 aliphatic rings. The van der Waals surface area contributed by atoms with E-state index in [4.69, 9.17) is 10.3 Å². The molecule has 0 aliphatic heterocycles. The number of fused-ring (bicyclic) bond motifs is 4. The van der Waals surface area contributed by atoms with Crippen LogP contribution in [0, 0.1) is 27.7 Å². The van der Waals surface area contributed by atoms with E-state index in [0.717, 1.165) is 58.8 Å². The third-order valence-corrected chi connectivity index (χ3v) is 11.4. The number of para-hydroxylation sites is 2. The van der Waals surface area contributed by atoms with Crippen LogP contribution in [0.2, 0.25) is 0 Å². The number of benzene rings is 7. The second-order valence-corrected chi connectivity index (χ2v) is 18.5. The summed E-state index contributed by atoms with van der Waals surface area (Å²) in [7, 11) is 0. The number of hydrogen-bond acceptors (Lipinski definition) is 1. The molecule has 8 aromatic rings. The van der Waals surface area contributed by atoms with Crippen molar-refractivity contribution in [3.05, 3.63) is 246 Å². The maximum Gasteiger partial charge on any atom is 0.121 e. The van der Waals surface area contributed by atoms with Crippen molar-refractivity contribution in [2.75, 3.05) is 0 Å². The number of imidazole rings is 1. The summed E-state index contributed by atoms with van der Waals surface area (Å²) in [4.78, 5) is 5.48. The fourth-order valence-electron chi connectivity index (χ4n) is 7.73. The molecular weight excluding hydrogens is 941 g/mol. The van der Waals surface area contributed by atoms with E-state index in [1.54, 1.807) is 0 Å². The average molecular weight is 1010 g/mol. The van der Waals surface area contributed by atoms with Gasteiger partial charge in [-0.05, 0) is 63.6 Å². The van der Waals surface area contributed by atoms with Crippen molar-refractivity contribution in [1.82, 2.24) is 9.55 Å². The van der Waals surface area contributed by atoms with E-state index in [1.807, 2.05) is 91.0 Å². The van der Waals surface area contributed by atoms with Gasteiger partial charge in [-0.1, -0.05) is 151 Å². The summed E-state index contributed by atoms with van der Waals surface area (Å²) in [6, 6.07) is 58.7. The largest absolute Gasteiger partial charge is 0.656 e. The van der Waals surface area contributed by atoms with Gasteiger partial charge in [0.1, 0.15) is 5.82 Å². The zero-order valence-corrected chi connectivity index (χ0v) is 42.9. The predicted molar refractivity (Wildman–Crippen MR) is 271 cm³/mol. The van der Waals surface area contributed by atoms with Crippen LogP contribution in [-0.2, 0) is 43.2 Å². The summed E-state index contributed by atoms with van der Waals surface area (Å²) in [5.41, 5.74) is 16.8. The van der Waals surface area contributed by atoms with Gasteiger partial charge in [-0.15, -0.1) is 47.8 Å². The van der Waals surface area contributed by atoms with Crippen molar-refractivity contribution in [3.63, 3.8) is 0 Å². The Hall–Kier alpha value is -5.71. The van der Waals surface area contributed by atoms with Crippen molar-refractivity contribution in [2.24, 2.45) is 0 Å². The number of aryl methyl sites for hydroxylation is 2. The fourth-order valence-corrected chi connectivity index (χ4v) is 7.73. The van der Waals surface area contributed by atoms with Gasteiger partial charge in [0.2, 0.25) is 0 Å². The molecule has 0 spiro atoms. The van der Waals surface area contributed by atoms with Crippen LogP contribution in [0.5, 0.6) is 0 Å². The standard InChI is InChI=1S/C39H44N3.3C7H7.Hf/c1-9-10-22-42-34-17-13-16-33(40-32-15-12-11-14-25(32)2)36(34)41-37(42)35-28-20-18-26(38(3,4)5)23-30(28)31-24-27(39(6,7)8)19-21-29(31)35;3*1-7-5-3-2-4-6-7;/h11-21,23-24,35H,9-10,22H2,1-8H3;3*2-6H,1H2;/q4*-1;. The molecule has 1 heterocycles. The van der Waals surface area contributed by atoms with Crippen molar-refractivity contribution >= 4 is 22.4 Å². The molecule has 0 fully saturated rings. The van der Waals surface area contributed by atoms with Crippen molar-refractivity contribution in [3.8, 4) is 11.1 Å². The number of unbranched alkanes of at least 4 members (excludes halogenated alkanes) is 1. The van der Waals surface area contributed by atoms with E-state index in [9.17, 15) is 0 Å². The Bertz CT molecular complexity index is 2530. The first-order chi connectivity index (χ1) is 30.2. The van der Waals surface area contributed by atoms with Gasteiger partial charge in [-0.2, -0.15) is 73.9 Å². The Morgan fingerprint density at radius 3 is 1.39 bits per heavy atom. The molecule has 0 N–H and O–H groups in total. The first-order valence-corrected chi connectivity index (χ1v) is 22.3. The van der Waals surface area contributed by atoms with E-state index in [1.165, 1.54) is 44.5 Å². The summed E-state index contributed by atoms with van der Waals surface area (Å²) in [6.45, 7) is 30.3. The smallest absolute Gasteiger partial charge is 0.121 e. The zero-order chi connectivity index (χ0) is 45.1. The van der Waals surface area contributed by atoms with Crippen LogP contribution in [0.25, 0.3) is 27.5 Å². The second kappa shape index (κ2) is 22.3. The molecule has 0 radical (unpaired) electrons. The first-order valence-electron chi connectivity index (χ1n) is 22.3. The number of rotatable bonds is 6. The van der Waals surface area contributed by atoms with Crippen LogP contribution < -0.4 is 0 Å². The third-order valence-electron chi connectivity index (χ3n) is 11.4. The normalized spacial score (nSPS) is 11.6. The van der Waals surface area contributed by atoms with E-state index in [0.29, 0.717) is 0 Å². The molecule has 7 aromatic carbocycles. The van der Waals surface area contributed by atoms with Gasteiger partial charge < -0.3 is 9.88 Å². The molecule has 0 bridgehead atoms. The second-order valence-electron chi connectivity index (χ2n) is 18.5. The number of aromatic nitrogens is 2. The van der Waals surface area contributed by atoms with Gasteiger partial charge in [-0.25, -0.2) is 4.98 Å². The molecule has 3 nitrogen and oxygen atoms in total. The minimum Gasteiger partial charge on any atom is -0.656 e. The Morgan fingerprint density at radius 2 is 0.984 bits per heavy atom. The van der Waals surface area contributed by atoms with Gasteiger partial charge in [-0.3, -0.25) is 0 Å². The number of hydrogen-bond donors (Lipinski definition) is 0. The van der Waals surface area contributed by atoms with Gasteiger partial charge in [0.15, 0.2) is 0 Å². The molecule has 1 aromatic heterocycles. The summed E-state index contributed by atoms with van der Waals surface area (Å²) >= 11 is 0. The molecule has 9 rings (SSSR count). The van der Waals surface area contributed by atoms with E-state index < -0.39 is 0 Å². The molecule has 4 heteroatoms. The Kier molecular flexibility index (Phi) is 17.2.